The van der Waals surface area contributed by atoms with E-state index in [0.29, 0.717) is 0 Å². The van der Waals surface area contributed by atoms with Crippen molar-refractivity contribution in [2.45, 2.75) is 13.0 Å². The maximum Gasteiger partial charge on any atom is 0.258 e. The predicted octanol–water partition coefficient (Wildman–Crippen LogP) is 1.01. The van der Waals surface area contributed by atoms with Crippen LogP contribution in [0.15, 0.2) is 18.2 Å². The van der Waals surface area contributed by atoms with Crippen LogP contribution in [0.1, 0.15) is 18.6 Å². The Labute approximate surface area is 105 Å². The molecule has 0 unspecified atom stereocenters. The Balaban J connectivity index is 2.56. The van der Waals surface area contributed by atoms with Crippen molar-refractivity contribution < 1.29 is 19.0 Å². The summed E-state index contributed by atoms with van der Waals surface area (Å²) < 4.78 is 18.5. The number of halogens is 1. The first kappa shape index (κ1) is 14.0. The molecule has 0 aliphatic carbocycles. The molecule has 4 nitrogen and oxygen atoms in total. The number of aliphatic hydroxyl groups excluding tert-OH is 1. The highest BCUT2D eigenvalue weighted by molar-refractivity contribution is 5.77. The topological polar surface area (TPSA) is 58.6 Å². The minimum atomic E-state index is -0.891. The highest BCUT2D eigenvalue weighted by atomic mass is 19.1. The summed E-state index contributed by atoms with van der Waals surface area (Å²) in [5.41, 5.74) is 0.180. The summed E-state index contributed by atoms with van der Waals surface area (Å²) in [5, 5.41) is 11.7. The molecule has 1 aromatic rings. The molecule has 96 valence electrons. The van der Waals surface area contributed by atoms with Gasteiger partial charge in [0.25, 0.3) is 5.91 Å². The molecular weight excluding hydrogens is 237 g/mol. The predicted molar refractivity (Wildman–Crippen MR) is 64.4 cm³/mol. The first-order valence-corrected chi connectivity index (χ1v) is 5.35. The molecular formula is C13H14FNO3. The van der Waals surface area contributed by atoms with Crippen LogP contribution in [0.2, 0.25) is 0 Å². The molecule has 5 heteroatoms. The molecule has 1 rings (SSSR count). The number of hydrogen-bond donors (Lipinski definition) is 2. The first-order chi connectivity index (χ1) is 8.54. The Morgan fingerprint density at radius 3 is 2.94 bits per heavy atom. The number of amides is 1. The minimum absolute atomic E-state index is 0.123. The van der Waals surface area contributed by atoms with Gasteiger partial charge in [0.1, 0.15) is 11.6 Å². The van der Waals surface area contributed by atoms with Gasteiger partial charge in [-0.1, -0.05) is 5.92 Å². The zero-order valence-corrected chi connectivity index (χ0v) is 9.94. The number of aliphatic hydroxyl groups is 1. The fraction of sp³-hybridized carbons (Fsp3) is 0.308. The summed E-state index contributed by atoms with van der Waals surface area (Å²) in [7, 11) is 0. The van der Waals surface area contributed by atoms with Gasteiger partial charge in [-0.15, -0.1) is 6.42 Å². The van der Waals surface area contributed by atoms with Crippen LogP contribution in [-0.2, 0) is 4.79 Å². The molecule has 0 saturated carbocycles. The van der Waals surface area contributed by atoms with E-state index in [-0.39, 0.29) is 30.4 Å². The van der Waals surface area contributed by atoms with Gasteiger partial charge in [-0.05, 0) is 19.1 Å². The third kappa shape index (κ3) is 4.07. The quantitative estimate of drug-likeness (QED) is 0.768. The number of terminal acetylenes is 1. The van der Waals surface area contributed by atoms with Crippen LogP contribution in [0, 0.1) is 18.2 Å². The normalized spacial score (nSPS) is 11.4. The molecule has 1 atom stereocenters. The maximum absolute atomic E-state index is 13.5. The lowest BCUT2D eigenvalue weighted by Gasteiger charge is -2.09. The minimum Gasteiger partial charge on any atom is -0.484 e. The van der Waals surface area contributed by atoms with Crippen LogP contribution in [0.5, 0.6) is 5.75 Å². The Morgan fingerprint density at radius 1 is 1.67 bits per heavy atom. The zero-order chi connectivity index (χ0) is 13.5. The van der Waals surface area contributed by atoms with E-state index < -0.39 is 11.9 Å². The van der Waals surface area contributed by atoms with Crippen molar-refractivity contribution in [3.05, 3.63) is 29.6 Å². The van der Waals surface area contributed by atoms with E-state index in [9.17, 15) is 14.3 Å². The standard InChI is InChI=1S/C13H14FNO3/c1-3-6-15-13(17)8-18-10-4-5-11(9(2)16)12(14)7-10/h1,4-5,7,9,16H,6,8H2,2H3,(H,15,17)/t9-/m1/s1. The fourth-order valence-corrected chi connectivity index (χ4v) is 1.29. The smallest absolute Gasteiger partial charge is 0.258 e. The summed E-state index contributed by atoms with van der Waals surface area (Å²) in [6.45, 7) is 1.35. The number of carbonyl (C=O) groups excluding carboxylic acids is 1. The van der Waals surface area contributed by atoms with E-state index in [1.165, 1.54) is 19.1 Å². The number of ether oxygens (including phenoxy) is 1. The van der Waals surface area contributed by atoms with Crippen LogP contribution in [0.25, 0.3) is 0 Å². The molecule has 0 aliphatic heterocycles. The lowest BCUT2D eigenvalue weighted by Crippen LogP contribution is -2.29. The van der Waals surface area contributed by atoms with Crippen molar-refractivity contribution in [2.75, 3.05) is 13.2 Å². The van der Waals surface area contributed by atoms with Crippen molar-refractivity contribution in [1.82, 2.24) is 5.32 Å². The van der Waals surface area contributed by atoms with Gasteiger partial charge in [0, 0.05) is 11.6 Å². The van der Waals surface area contributed by atoms with E-state index in [0.717, 1.165) is 6.07 Å². The third-order valence-corrected chi connectivity index (χ3v) is 2.18. The Kier molecular flexibility index (Phi) is 5.15. The van der Waals surface area contributed by atoms with E-state index in [2.05, 4.69) is 11.2 Å². The van der Waals surface area contributed by atoms with E-state index in [1.807, 2.05) is 0 Å². The number of benzene rings is 1. The molecule has 1 amide bonds. The molecule has 18 heavy (non-hydrogen) atoms. The van der Waals surface area contributed by atoms with Gasteiger partial charge in [0.15, 0.2) is 6.61 Å². The Morgan fingerprint density at radius 2 is 2.39 bits per heavy atom. The molecule has 2 N–H and O–H groups in total. The molecule has 0 radical (unpaired) electrons. The van der Waals surface area contributed by atoms with E-state index in [4.69, 9.17) is 11.2 Å². The molecule has 0 heterocycles. The van der Waals surface area contributed by atoms with Crippen LogP contribution in [-0.4, -0.2) is 24.2 Å². The van der Waals surface area contributed by atoms with Gasteiger partial charge < -0.3 is 15.2 Å². The average Bonchev–Trinajstić information content (AvgIpc) is 2.33. The summed E-state index contributed by atoms with van der Waals surface area (Å²) in [5.74, 6) is 1.51. The SMILES string of the molecule is C#CCNC(=O)COc1ccc([C@@H](C)O)c(F)c1. The van der Waals surface area contributed by atoms with Crippen molar-refractivity contribution in [3.63, 3.8) is 0 Å². The molecule has 0 spiro atoms. The largest absolute Gasteiger partial charge is 0.484 e. The van der Waals surface area contributed by atoms with Gasteiger partial charge >= 0.3 is 0 Å². The van der Waals surface area contributed by atoms with Crippen molar-refractivity contribution >= 4 is 5.91 Å². The Hall–Kier alpha value is -2.06. The zero-order valence-electron chi connectivity index (χ0n) is 9.94. The number of hydrogen-bond acceptors (Lipinski definition) is 3. The van der Waals surface area contributed by atoms with Crippen LogP contribution in [0.4, 0.5) is 4.39 Å². The highest BCUT2D eigenvalue weighted by Gasteiger charge is 2.09. The summed E-state index contributed by atoms with van der Waals surface area (Å²) in [4.78, 5) is 11.2. The molecule has 1 aromatic carbocycles. The lowest BCUT2D eigenvalue weighted by molar-refractivity contribution is -0.122. The molecule has 0 saturated heterocycles. The van der Waals surface area contributed by atoms with Crippen LogP contribution in [0.3, 0.4) is 0 Å². The monoisotopic (exact) mass is 251 g/mol. The molecule has 0 fully saturated rings. The average molecular weight is 251 g/mol. The number of rotatable bonds is 5. The second-order valence-corrected chi connectivity index (χ2v) is 3.63. The summed E-state index contributed by atoms with van der Waals surface area (Å²) in [6, 6.07) is 4.02. The molecule has 0 aliphatic rings. The third-order valence-electron chi connectivity index (χ3n) is 2.18. The van der Waals surface area contributed by atoms with Crippen molar-refractivity contribution in [1.29, 1.82) is 0 Å². The van der Waals surface area contributed by atoms with Gasteiger partial charge in [0.05, 0.1) is 12.6 Å². The van der Waals surface area contributed by atoms with Crippen LogP contribution < -0.4 is 10.1 Å². The molecule has 0 aromatic heterocycles. The van der Waals surface area contributed by atoms with Crippen molar-refractivity contribution in [3.8, 4) is 18.1 Å². The van der Waals surface area contributed by atoms with E-state index in [1.54, 1.807) is 0 Å². The summed E-state index contributed by atoms with van der Waals surface area (Å²) >= 11 is 0. The van der Waals surface area contributed by atoms with Gasteiger partial charge in [-0.2, -0.15) is 0 Å². The van der Waals surface area contributed by atoms with Gasteiger partial charge in [0.2, 0.25) is 0 Å². The maximum atomic E-state index is 13.5. The lowest BCUT2D eigenvalue weighted by atomic mass is 10.1. The molecule has 0 bridgehead atoms. The highest BCUT2D eigenvalue weighted by Crippen LogP contribution is 2.21. The number of carbonyl (C=O) groups is 1. The first-order valence-electron chi connectivity index (χ1n) is 5.35. The Bertz CT molecular complexity index is 466. The van der Waals surface area contributed by atoms with Gasteiger partial charge in [-0.3, -0.25) is 4.79 Å². The number of nitrogens with one attached hydrogen (secondary N) is 1. The second kappa shape index (κ2) is 6.62. The fourth-order valence-electron chi connectivity index (χ4n) is 1.29. The second-order valence-electron chi connectivity index (χ2n) is 3.63. The van der Waals surface area contributed by atoms with Crippen LogP contribution >= 0.6 is 0 Å². The summed E-state index contributed by atoms with van der Waals surface area (Å²) in [6.07, 6.45) is 4.08. The van der Waals surface area contributed by atoms with E-state index >= 15 is 0 Å². The van der Waals surface area contributed by atoms with Gasteiger partial charge in [-0.25, -0.2) is 4.39 Å². The van der Waals surface area contributed by atoms with Crippen molar-refractivity contribution in [2.24, 2.45) is 0 Å².